The van der Waals surface area contributed by atoms with E-state index in [2.05, 4.69) is 6.58 Å². The molecule has 5 heteroatoms. The van der Waals surface area contributed by atoms with Crippen LogP contribution in [0.25, 0.3) is 0 Å². The number of amides is 1. The first-order chi connectivity index (χ1) is 10.5. The largest absolute Gasteiger partial charge is 0.457 e. The van der Waals surface area contributed by atoms with Crippen LogP contribution in [-0.4, -0.2) is 35.7 Å². The fraction of sp³-hybridized carbons (Fsp3) is 0.412. The van der Waals surface area contributed by atoms with Crippen LogP contribution in [0.2, 0.25) is 0 Å². The number of nitrogens with zero attached hydrogens (tertiary/aromatic N) is 1. The van der Waals surface area contributed by atoms with Crippen LogP contribution in [-0.2, 0) is 20.8 Å². The molecule has 1 saturated heterocycles. The maximum absolute atomic E-state index is 12.3. The first-order valence-electron chi connectivity index (χ1n) is 7.39. The molecule has 0 bridgehead atoms. The number of cyclic esters (lactones) is 1. The second kappa shape index (κ2) is 7.11. The topological polar surface area (TPSA) is 55.8 Å². The van der Waals surface area contributed by atoms with Gasteiger partial charge in [-0.1, -0.05) is 36.9 Å². The maximum atomic E-state index is 12.3. The van der Waals surface area contributed by atoms with Crippen LogP contribution in [0.4, 0.5) is 4.79 Å². The van der Waals surface area contributed by atoms with Gasteiger partial charge in [0.25, 0.3) is 0 Å². The summed E-state index contributed by atoms with van der Waals surface area (Å²) in [5.74, 6) is -0.396. The number of benzene rings is 1. The van der Waals surface area contributed by atoms with Crippen molar-refractivity contribution in [2.24, 2.45) is 0 Å². The number of carbonyl (C=O) groups excluding carboxylic acids is 2. The lowest BCUT2D eigenvalue weighted by Crippen LogP contribution is -2.50. The quantitative estimate of drug-likeness (QED) is 0.634. The molecule has 5 nitrogen and oxygen atoms in total. The monoisotopic (exact) mass is 303 g/mol. The highest BCUT2D eigenvalue weighted by Gasteiger charge is 2.37. The molecule has 0 saturated carbocycles. The zero-order valence-corrected chi connectivity index (χ0v) is 13.0. The summed E-state index contributed by atoms with van der Waals surface area (Å²) in [6.45, 7) is 7.97. The van der Waals surface area contributed by atoms with E-state index in [4.69, 9.17) is 9.47 Å². The number of esters is 1. The average molecular weight is 303 g/mol. The van der Waals surface area contributed by atoms with E-state index in [1.165, 1.54) is 0 Å². The van der Waals surface area contributed by atoms with E-state index in [9.17, 15) is 9.59 Å². The van der Waals surface area contributed by atoms with Gasteiger partial charge in [0.15, 0.2) is 0 Å². The minimum Gasteiger partial charge on any atom is -0.457 e. The summed E-state index contributed by atoms with van der Waals surface area (Å²) in [6, 6.07) is 9.38. The van der Waals surface area contributed by atoms with Crippen molar-refractivity contribution in [1.29, 1.82) is 0 Å². The highest BCUT2D eigenvalue weighted by molar-refractivity contribution is 5.89. The fourth-order valence-corrected chi connectivity index (χ4v) is 2.50. The Labute approximate surface area is 130 Å². The van der Waals surface area contributed by atoms with Gasteiger partial charge in [0.05, 0.1) is 12.6 Å². The third-order valence-corrected chi connectivity index (χ3v) is 3.68. The zero-order valence-electron chi connectivity index (χ0n) is 13.0. The molecular weight excluding hydrogens is 282 g/mol. The van der Waals surface area contributed by atoms with Gasteiger partial charge in [-0.3, -0.25) is 4.90 Å². The van der Waals surface area contributed by atoms with E-state index in [0.29, 0.717) is 25.1 Å². The van der Waals surface area contributed by atoms with Crippen molar-refractivity contribution >= 4 is 12.1 Å². The van der Waals surface area contributed by atoms with Crippen molar-refractivity contribution in [2.75, 3.05) is 6.61 Å². The second-order valence-corrected chi connectivity index (χ2v) is 5.30. The van der Waals surface area contributed by atoms with E-state index in [1.807, 2.05) is 30.3 Å². The molecule has 1 aliphatic heterocycles. The smallest absolute Gasteiger partial charge is 0.410 e. The van der Waals surface area contributed by atoms with Crippen molar-refractivity contribution < 1.29 is 19.1 Å². The molecule has 1 amide bonds. The molecule has 0 aromatic heterocycles. The minimum absolute atomic E-state index is 0.274. The number of ether oxygens (including phenoxy) is 2. The summed E-state index contributed by atoms with van der Waals surface area (Å²) < 4.78 is 10.4. The molecule has 1 aromatic carbocycles. The molecule has 0 unspecified atom stereocenters. The second-order valence-electron chi connectivity index (χ2n) is 5.30. The lowest BCUT2D eigenvalue weighted by molar-refractivity contribution is -0.151. The van der Waals surface area contributed by atoms with Crippen molar-refractivity contribution in [1.82, 2.24) is 4.90 Å². The van der Waals surface area contributed by atoms with E-state index in [0.717, 1.165) is 5.56 Å². The van der Waals surface area contributed by atoms with Crippen molar-refractivity contribution in [2.45, 2.75) is 39.0 Å². The Morgan fingerprint density at radius 1 is 1.41 bits per heavy atom. The summed E-state index contributed by atoms with van der Waals surface area (Å²) >= 11 is 0. The molecule has 0 spiro atoms. The Morgan fingerprint density at radius 3 is 2.73 bits per heavy atom. The van der Waals surface area contributed by atoms with Gasteiger partial charge in [-0.25, -0.2) is 9.59 Å². The molecule has 0 aliphatic carbocycles. The standard InChI is InChI=1S/C17H21NO4/c1-4-21-17(20)18(11-14-8-6-5-7-9-14)15-10-12(2)16(19)22-13(15)3/h5-9,13,15H,2,4,10-11H2,1,3H3/t13-,15+/m0/s1. The van der Waals surface area contributed by atoms with Crippen LogP contribution in [0.1, 0.15) is 25.8 Å². The lowest BCUT2D eigenvalue weighted by atomic mass is 9.98. The third-order valence-electron chi connectivity index (χ3n) is 3.68. The molecule has 2 atom stereocenters. The van der Waals surface area contributed by atoms with Crippen LogP contribution in [0.15, 0.2) is 42.5 Å². The third kappa shape index (κ3) is 3.67. The van der Waals surface area contributed by atoms with Gasteiger partial charge >= 0.3 is 12.1 Å². The average Bonchev–Trinajstić information content (AvgIpc) is 2.50. The van der Waals surface area contributed by atoms with Gasteiger partial charge in [0.1, 0.15) is 6.10 Å². The van der Waals surface area contributed by atoms with E-state index < -0.39 is 18.2 Å². The van der Waals surface area contributed by atoms with Crippen molar-refractivity contribution in [3.8, 4) is 0 Å². The molecule has 1 aromatic rings. The Hall–Kier alpha value is -2.30. The van der Waals surface area contributed by atoms with Crippen LogP contribution in [0.3, 0.4) is 0 Å². The predicted octanol–water partition coefficient (Wildman–Crippen LogP) is 2.91. The highest BCUT2D eigenvalue weighted by Crippen LogP contribution is 2.25. The molecule has 0 radical (unpaired) electrons. The normalized spacial score (nSPS) is 21.2. The zero-order chi connectivity index (χ0) is 16.1. The van der Waals surface area contributed by atoms with Crippen molar-refractivity contribution in [3.05, 3.63) is 48.0 Å². The van der Waals surface area contributed by atoms with Gasteiger partial charge in [-0.2, -0.15) is 0 Å². The van der Waals surface area contributed by atoms with Crippen LogP contribution < -0.4 is 0 Å². The summed E-state index contributed by atoms with van der Waals surface area (Å²) in [4.78, 5) is 25.5. The molecule has 2 rings (SSSR count). The molecule has 0 N–H and O–H groups in total. The van der Waals surface area contributed by atoms with Gasteiger partial charge in [0.2, 0.25) is 0 Å². The molecule has 1 heterocycles. The van der Waals surface area contributed by atoms with Crippen molar-refractivity contribution in [3.63, 3.8) is 0 Å². The predicted molar refractivity (Wildman–Crippen MR) is 82.1 cm³/mol. The molecule has 22 heavy (non-hydrogen) atoms. The van der Waals surface area contributed by atoms with Gasteiger partial charge in [-0.15, -0.1) is 0 Å². The first-order valence-corrected chi connectivity index (χ1v) is 7.39. The van der Waals surface area contributed by atoms with E-state index in [-0.39, 0.29) is 6.04 Å². The van der Waals surface area contributed by atoms with Gasteiger partial charge < -0.3 is 9.47 Å². The Morgan fingerprint density at radius 2 is 2.09 bits per heavy atom. The summed E-state index contributed by atoms with van der Waals surface area (Å²) in [5, 5.41) is 0. The Bertz CT molecular complexity index is 555. The molecule has 1 fully saturated rings. The molecule has 1 aliphatic rings. The minimum atomic E-state index is -0.408. The number of hydrogen-bond acceptors (Lipinski definition) is 4. The Kier molecular flexibility index (Phi) is 5.20. The summed E-state index contributed by atoms with van der Waals surface area (Å²) in [6.07, 6.45) is -0.411. The summed E-state index contributed by atoms with van der Waals surface area (Å²) in [5.41, 5.74) is 1.37. The SMILES string of the molecule is C=C1C[C@@H](N(Cc2ccccc2)C(=O)OCC)[C@H](C)OC1=O. The van der Waals surface area contributed by atoms with Gasteiger partial charge in [0, 0.05) is 18.5 Å². The maximum Gasteiger partial charge on any atom is 0.410 e. The van der Waals surface area contributed by atoms with Crippen LogP contribution in [0, 0.1) is 0 Å². The fourth-order valence-electron chi connectivity index (χ4n) is 2.50. The first kappa shape index (κ1) is 16.1. The number of hydrogen-bond donors (Lipinski definition) is 0. The highest BCUT2D eigenvalue weighted by atomic mass is 16.6. The van der Waals surface area contributed by atoms with Gasteiger partial charge in [-0.05, 0) is 19.4 Å². The summed E-state index contributed by atoms with van der Waals surface area (Å²) in [7, 11) is 0. The van der Waals surface area contributed by atoms with Crippen LogP contribution >= 0.6 is 0 Å². The molecule has 118 valence electrons. The number of carbonyl (C=O) groups is 2. The van der Waals surface area contributed by atoms with E-state index >= 15 is 0 Å². The lowest BCUT2D eigenvalue weighted by Gasteiger charge is -2.37. The molecular formula is C17H21NO4. The Balaban J connectivity index is 2.21. The number of rotatable bonds is 4. The van der Waals surface area contributed by atoms with Crippen LogP contribution in [0.5, 0.6) is 0 Å². The van der Waals surface area contributed by atoms with E-state index in [1.54, 1.807) is 18.7 Å².